The third-order valence-electron chi connectivity index (χ3n) is 4.69. The lowest BCUT2D eigenvalue weighted by molar-refractivity contribution is -0.180. The fraction of sp³-hybridized carbons (Fsp3) is 0.263. The number of rotatable bonds is 4. The predicted octanol–water partition coefficient (Wildman–Crippen LogP) is 4.25. The van der Waals surface area contributed by atoms with E-state index in [0.29, 0.717) is 21.7 Å². The van der Waals surface area contributed by atoms with E-state index in [4.69, 9.17) is 4.74 Å². The Labute approximate surface area is 173 Å². The number of carbonyl (C=O) groups excluding carboxylic acids is 1. The Morgan fingerprint density at radius 1 is 1.10 bits per heavy atom. The van der Waals surface area contributed by atoms with Crippen LogP contribution in [0.15, 0.2) is 48.5 Å². The van der Waals surface area contributed by atoms with Crippen molar-refractivity contribution in [2.75, 3.05) is 16.8 Å². The van der Waals surface area contributed by atoms with E-state index in [1.807, 2.05) is 6.07 Å². The summed E-state index contributed by atoms with van der Waals surface area (Å²) in [5, 5.41) is 2.43. The number of aromatic nitrogens is 1. The molecule has 2 heterocycles. The van der Waals surface area contributed by atoms with Gasteiger partial charge in [0.15, 0.2) is 20.7 Å². The molecule has 0 spiro atoms. The molecule has 158 valence electrons. The second kappa shape index (κ2) is 7.55. The van der Waals surface area contributed by atoms with Gasteiger partial charge in [0.1, 0.15) is 11.3 Å². The Morgan fingerprint density at radius 3 is 2.53 bits per heavy atom. The molecule has 11 heteroatoms. The van der Waals surface area contributed by atoms with Gasteiger partial charge in [-0.1, -0.05) is 35.6 Å². The summed E-state index contributed by atoms with van der Waals surface area (Å²) in [5.41, 5.74) is 0.438. The molecule has 2 unspecified atom stereocenters. The lowest BCUT2D eigenvalue weighted by atomic mass is 9.95. The van der Waals surface area contributed by atoms with Crippen molar-refractivity contribution in [2.24, 2.45) is 11.8 Å². The number of anilines is 1. The molecular weight excluding hydrogens is 441 g/mol. The average molecular weight is 456 g/mol. The number of para-hydroxylation sites is 2. The Balaban J connectivity index is 1.58. The molecule has 2 aromatic carbocycles. The van der Waals surface area contributed by atoms with E-state index in [2.05, 4.69) is 10.3 Å². The summed E-state index contributed by atoms with van der Waals surface area (Å²) < 4.78 is 69.5. The Morgan fingerprint density at radius 2 is 1.83 bits per heavy atom. The van der Waals surface area contributed by atoms with E-state index in [-0.39, 0.29) is 5.13 Å². The first-order valence-electron chi connectivity index (χ1n) is 8.83. The second-order valence-electron chi connectivity index (χ2n) is 6.86. The second-order valence-corrected chi connectivity index (χ2v) is 10.0. The van der Waals surface area contributed by atoms with Crippen molar-refractivity contribution in [3.63, 3.8) is 0 Å². The number of thiazole rings is 1. The van der Waals surface area contributed by atoms with Crippen LogP contribution in [0.2, 0.25) is 0 Å². The largest absolute Gasteiger partial charge is 0.455 e. The lowest BCUT2D eigenvalue weighted by Crippen LogP contribution is -2.36. The summed E-state index contributed by atoms with van der Waals surface area (Å²) >= 11 is 1.06. The van der Waals surface area contributed by atoms with Gasteiger partial charge in [0.05, 0.1) is 28.0 Å². The smallest absolute Gasteiger partial charge is 0.393 e. The van der Waals surface area contributed by atoms with Crippen molar-refractivity contribution in [1.29, 1.82) is 0 Å². The maximum atomic E-state index is 13.2. The van der Waals surface area contributed by atoms with Crippen LogP contribution in [0.5, 0.6) is 11.5 Å². The zero-order chi connectivity index (χ0) is 21.5. The molecule has 0 saturated carbocycles. The maximum absolute atomic E-state index is 13.2. The third-order valence-corrected chi connectivity index (χ3v) is 7.36. The summed E-state index contributed by atoms with van der Waals surface area (Å²) in [7, 11) is -3.95. The number of hydrogen-bond acceptors (Lipinski definition) is 6. The Hall–Kier alpha value is -2.66. The lowest BCUT2D eigenvalue weighted by Gasteiger charge is -2.19. The van der Waals surface area contributed by atoms with Crippen LogP contribution in [0.25, 0.3) is 10.2 Å². The highest BCUT2D eigenvalue weighted by atomic mass is 32.2. The van der Waals surface area contributed by atoms with Crippen molar-refractivity contribution in [1.82, 2.24) is 4.98 Å². The van der Waals surface area contributed by atoms with Gasteiger partial charge < -0.3 is 10.1 Å². The predicted molar refractivity (Wildman–Crippen MR) is 106 cm³/mol. The van der Waals surface area contributed by atoms with Gasteiger partial charge in [-0.05, 0) is 24.3 Å². The molecule has 1 N–H and O–H groups in total. The van der Waals surface area contributed by atoms with Crippen LogP contribution >= 0.6 is 11.3 Å². The topological polar surface area (TPSA) is 85.4 Å². The van der Waals surface area contributed by atoms with Crippen molar-refractivity contribution < 1.29 is 31.1 Å². The van der Waals surface area contributed by atoms with Gasteiger partial charge >= 0.3 is 6.18 Å². The van der Waals surface area contributed by atoms with Gasteiger partial charge in [-0.15, -0.1) is 0 Å². The number of carbonyl (C=O) groups is 1. The molecule has 3 aromatic rings. The number of nitrogens with one attached hydrogen (secondary N) is 1. The number of ether oxygens (including phenoxy) is 1. The number of halogens is 3. The zero-order valence-electron chi connectivity index (χ0n) is 15.2. The molecule has 6 nitrogen and oxygen atoms in total. The number of amides is 1. The van der Waals surface area contributed by atoms with Gasteiger partial charge in [0, 0.05) is 0 Å². The fourth-order valence-corrected chi connectivity index (χ4v) is 6.22. The number of sulfone groups is 1. The first kappa shape index (κ1) is 20.6. The van der Waals surface area contributed by atoms with Gasteiger partial charge in [-0.2, -0.15) is 13.2 Å². The molecule has 30 heavy (non-hydrogen) atoms. The molecule has 1 aliphatic rings. The van der Waals surface area contributed by atoms with Crippen molar-refractivity contribution in [3.05, 3.63) is 48.5 Å². The standard InChI is InChI=1S/C19H15F3N2O4S2/c20-19(21,22)13-10-30(26,27)9-12(13)17(25)24-18-23-16-14(7-4-8-15(16)29-18)28-11-5-2-1-3-6-11/h1-8,12-13H,9-10H2,(H,23,24,25). The van der Waals surface area contributed by atoms with Gasteiger partial charge in [0.2, 0.25) is 5.91 Å². The molecular formula is C19H15F3N2O4S2. The quantitative estimate of drug-likeness (QED) is 0.635. The minimum absolute atomic E-state index is 0.0735. The molecule has 0 radical (unpaired) electrons. The first-order chi connectivity index (χ1) is 14.1. The molecule has 0 aliphatic carbocycles. The molecule has 1 aliphatic heterocycles. The molecule has 1 saturated heterocycles. The molecule has 1 fully saturated rings. The van der Waals surface area contributed by atoms with Crippen LogP contribution in [0.3, 0.4) is 0 Å². The molecule has 4 rings (SSSR count). The summed E-state index contributed by atoms with van der Waals surface area (Å²) in [6, 6.07) is 14.1. The summed E-state index contributed by atoms with van der Waals surface area (Å²) in [6.07, 6.45) is -4.78. The number of hydrogen-bond donors (Lipinski definition) is 1. The monoisotopic (exact) mass is 456 g/mol. The minimum Gasteiger partial charge on any atom is -0.455 e. The van der Waals surface area contributed by atoms with E-state index in [0.717, 1.165) is 11.3 Å². The van der Waals surface area contributed by atoms with Crippen LogP contribution in [0.4, 0.5) is 18.3 Å². The molecule has 1 aromatic heterocycles. The Bertz CT molecular complexity index is 1190. The summed E-state index contributed by atoms with van der Waals surface area (Å²) in [4.78, 5) is 16.7. The average Bonchev–Trinajstić information content (AvgIpc) is 3.23. The van der Waals surface area contributed by atoms with Crippen LogP contribution in [0, 0.1) is 11.8 Å². The minimum atomic E-state index is -4.78. The van der Waals surface area contributed by atoms with Crippen molar-refractivity contribution >= 4 is 42.4 Å². The summed E-state index contributed by atoms with van der Waals surface area (Å²) in [5.74, 6) is -5.86. The van der Waals surface area contributed by atoms with Gasteiger partial charge in [-0.25, -0.2) is 13.4 Å². The van der Waals surface area contributed by atoms with E-state index in [1.54, 1.807) is 42.5 Å². The van der Waals surface area contributed by atoms with E-state index < -0.39 is 45.3 Å². The number of fused-ring (bicyclic) bond motifs is 1. The normalized spacial score (nSPS) is 20.9. The summed E-state index contributed by atoms with van der Waals surface area (Å²) in [6.45, 7) is 0. The number of benzene rings is 2. The van der Waals surface area contributed by atoms with E-state index in [9.17, 15) is 26.4 Å². The van der Waals surface area contributed by atoms with Crippen molar-refractivity contribution in [3.8, 4) is 11.5 Å². The molecule has 0 bridgehead atoms. The fourth-order valence-electron chi connectivity index (χ4n) is 3.30. The number of nitrogens with zero attached hydrogens (tertiary/aromatic N) is 1. The van der Waals surface area contributed by atoms with E-state index >= 15 is 0 Å². The molecule has 2 atom stereocenters. The highest BCUT2D eigenvalue weighted by Crippen LogP contribution is 2.40. The highest BCUT2D eigenvalue weighted by Gasteiger charge is 2.55. The number of alkyl halides is 3. The first-order valence-corrected chi connectivity index (χ1v) is 11.5. The van der Waals surface area contributed by atoms with E-state index in [1.165, 1.54) is 0 Å². The maximum Gasteiger partial charge on any atom is 0.393 e. The van der Waals surface area contributed by atoms with Crippen LogP contribution < -0.4 is 10.1 Å². The zero-order valence-corrected chi connectivity index (χ0v) is 16.9. The molecule has 1 amide bonds. The van der Waals surface area contributed by atoms with Gasteiger partial charge in [0.25, 0.3) is 0 Å². The van der Waals surface area contributed by atoms with Crippen LogP contribution in [0.1, 0.15) is 0 Å². The van der Waals surface area contributed by atoms with Crippen molar-refractivity contribution in [2.45, 2.75) is 6.18 Å². The SMILES string of the molecule is O=C(Nc1nc2c(Oc3ccccc3)cccc2s1)C1CS(=O)(=O)CC1C(F)(F)F. The highest BCUT2D eigenvalue weighted by molar-refractivity contribution is 7.91. The van der Waals surface area contributed by atoms with Crippen LogP contribution in [-0.2, 0) is 14.6 Å². The third kappa shape index (κ3) is 4.26. The van der Waals surface area contributed by atoms with Gasteiger partial charge in [-0.3, -0.25) is 4.79 Å². The van der Waals surface area contributed by atoms with Crippen LogP contribution in [-0.4, -0.2) is 37.0 Å². The Kier molecular flexibility index (Phi) is 5.18.